The molecule has 1 fully saturated rings. The number of hydrogen-bond donors (Lipinski definition) is 3. The lowest BCUT2D eigenvalue weighted by Crippen LogP contribution is -2.53. The van der Waals surface area contributed by atoms with Gasteiger partial charge in [-0.1, -0.05) is 0 Å². The first-order valence-electron chi connectivity index (χ1n) is 6.29. The smallest absolute Gasteiger partial charge is 0.324 e. The molecule has 3 N–H and O–H groups in total. The lowest BCUT2D eigenvalue weighted by molar-refractivity contribution is -0.145. The number of hydrogen-bond acceptors (Lipinski definition) is 5. The van der Waals surface area contributed by atoms with Crippen molar-refractivity contribution in [1.82, 2.24) is 20.2 Å². The normalized spacial score (nSPS) is 15.0. The predicted molar refractivity (Wildman–Crippen MR) is 70.5 cm³/mol. The van der Waals surface area contributed by atoms with Crippen molar-refractivity contribution in [2.45, 2.75) is 19.8 Å². The summed E-state index contributed by atoms with van der Waals surface area (Å²) in [5, 5.41) is 2.10. The van der Waals surface area contributed by atoms with Crippen LogP contribution in [0.25, 0.3) is 0 Å². The number of aromatic amines is 2. The van der Waals surface area contributed by atoms with Crippen LogP contribution < -0.4 is 16.6 Å². The number of aryl methyl sites for hydroxylation is 1. The zero-order chi connectivity index (χ0) is 15.6. The Bertz CT molecular complexity index is 701. The van der Waals surface area contributed by atoms with Crippen molar-refractivity contribution in [3.63, 3.8) is 0 Å². The summed E-state index contributed by atoms with van der Waals surface area (Å²) >= 11 is 0. The number of carbonyl (C=O) groups excluding carboxylic acids is 3. The van der Waals surface area contributed by atoms with E-state index in [-0.39, 0.29) is 25.9 Å². The van der Waals surface area contributed by atoms with Gasteiger partial charge < -0.3 is 9.88 Å². The molecular formula is C12H14N4O5. The molecule has 1 aromatic rings. The number of rotatable bonds is 3. The van der Waals surface area contributed by atoms with Crippen molar-refractivity contribution in [3.05, 3.63) is 32.1 Å². The van der Waals surface area contributed by atoms with E-state index in [2.05, 4.69) is 15.3 Å². The zero-order valence-electron chi connectivity index (χ0n) is 11.3. The average molecular weight is 294 g/mol. The number of imide groups is 1. The summed E-state index contributed by atoms with van der Waals surface area (Å²) in [6, 6.07) is 0. The Kier molecular flexibility index (Phi) is 4.01. The van der Waals surface area contributed by atoms with Gasteiger partial charge in [-0.25, -0.2) is 4.79 Å². The topological polar surface area (TPSA) is 132 Å². The molecule has 0 unspecified atom stereocenters. The van der Waals surface area contributed by atoms with E-state index in [0.29, 0.717) is 11.3 Å². The van der Waals surface area contributed by atoms with Crippen molar-refractivity contribution >= 4 is 17.7 Å². The van der Waals surface area contributed by atoms with E-state index < -0.39 is 29.0 Å². The maximum absolute atomic E-state index is 12.0. The highest BCUT2D eigenvalue weighted by Gasteiger charge is 2.26. The monoisotopic (exact) mass is 294 g/mol. The van der Waals surface area contributed by atoms with E-state index in [1.807, 2.05) is 0 Å². The molecular weight excluding hydrogens is 280 g/mol. The first-order valence-corrected chi connectivity index (χ1v) is 6.29. The Morgan fingerprint density at radius 3 is 2.29 bits per heavy atom. The fourth-order valence-corrected chi connectivity index (χ4v) is 2.13. The summed E-state index contributed by atoms with van der Waals surface area (Å²) in [4.78, 5) is 62.7. The second-order valence-corrected chi connectivity index (χ2v) is 4.73. The Labute approximate surface area is 118 Å². The molecule has 1 saturated heterocycles. The van der Waals surface area contributed by atoms with Gasteiger partial charge in [0, 0.05) is 17.7 Å². The number of piperazine rings is 1. The summed E-state index contributed by atoms with van der Waals surface area (Å²) in [6.07, 6.45) is 0.0829. The fraction of sp³-hybridized carbons (Fsp3) is 0.417. The van der Waals surface area contributed by atoms with E-state index in [9.17, 15) is 24.0 Å². The van der Waals surface area contributed by atoms with Crippen LogP contribution in [0.5, 0.6) is 0 Å². The molecule has 21 heavy (non-hydrogen) atoms. The van der Waals surface area contributed by atoms with Crippen LogP contribution in [0.4, 0.5) is 0 Å². The third kappa shape index (κ3) is 3.44. The first kappa shape index (κ1) is 14.7. The predicted octanol–water partition coefficient (Wildman–Crippen LogP) is -2.21. The molecule has 0 aromatic carbocycles. The van der Waals surface area contributed by atoms with Crippen LogP contribution in [0, 0.1) is 6.92 Å². The van der Waals surface area contributed by atoms with E-state index in [0.717, 1.165) is 4.90 Å². The van der Waals surface area contributed by atoms with Crippen molar-refractivity contribution in [1.29, 1.82) is 0 Å². The highest BCUT2D eigenvalue weighted by atomic mass is 16.2. The number of amides is 3. The molecule has 3 amide bonds. The van der Waals surface area contributed by atoms with Crippen LogP contribution in [0.3, 0.4) is 0 Å². The second-order valence-electron chi connectivity index (χ2n) is 4.73. The Hall–Kier alpha value is -2.71. The second kappa shape index (κ2) is 5.73. The van der Waals surface area contributed by atoms with E-state index >= 15 is 0 Å². The van der Waals surface area contributed by atoms with Gasteiger partial charge in [0.05, 0.1) is 0 Å². The average Bonchev–Trinajstić information content (AvgIpc) is 2.35. The molecule has 0 bridgehead atoms. The minimum absolute atomic E-state index is 0.0312. The molecule has 2 rings (SSSR count). The summed E-state index contributed by atoms with van der Waals surface area (Å²) in [7, 11) is 0. The van der Waals surface area contributed by atoms with Gasteiger partial charge >= 0.3 is 5.69 Å². The molecule has 1 aliphatic heterocycles. The van der Waals surface area contributed by atoms with Crippen molar-refractivity contribution in [3.8, 4) is 0 Å². The number of nitrogens with zero attached hydrogens (tertiary/aromatic N) is 1. The third-order valence-corrected chi connectivity index (χ3v) is 3.14. The molecule has 0 spiro atoms. The summed E-state index contributed by atoms with van der Waals surface area (Å²) in [6.45, 7) is 1.21. The maximum Gasteiger partial charge on any atom is 0.325 e. The number of aromatic nitrogens is 2. The highest BCUT2D eigenvalue weighted by molar-refractivity contribution is 6.02. The lowest BCUT2D eigenvalue weighted by Gasteiger charge is -2.25. The van der Waals surface area contributed by atoms with E-state index in [4.69, 9.17) is 0 Å². The standard InChI is InChI=1S/C12H14N4O5/c1-6-7(11(20)15-12(21)13-6)2-3-10(19)16-4-8(17)14-9(18)5-16/h2-5H2,1H3,(H,14,17,18)(H2,13,15,20,21). The summed E-state index contributed by atoms with van der Waals surface area (Å²) in [5.74, 6) is -1.46. The van der Waals surface area contributed by atoms with Crippen LogP contribution in [0.1, 0.15) is 17.7 Å². The van der Waals surface area contributed by atoms with Crippen molar-refractivity contribution in [2.24, 2.45) is 0 Å². The van der Waals surface area contributed by atoms with Crippen LogP contribution in [0.2, 0.25) is 0 Å². The largest absolute Gasteiger partial charge is 0.325 e. The van der Waals surface area contributed by atoms with Gasteiger partial charge in [-0.05, 0) is 13.3 Å². The van der Waals surface area contributed by atoms with Gasteiger partial charge in [0.15, 0.2) is 0 Å². The molecule has 112 valence electrons. The molecule has 0 atom stereocenters. The van der Waals surface area contributed by atoms with Gasteiger partial charge in [-0.3, -0.25) is 29.5 Å². The molecule has 0 saturated carbocycles. The molecule has 9 nitrogen and oxygen atoms in total. The minimum atomic E-state index is -0.606. The Balaban J connectivity index is 2.05. The summed E-state index contributed by atoms with van der Waals surface area (Å²) < 4.78 is 0. The van der Waals surface area contributed by atoms with Gasteiger partial charge in [0.25, 0.3) is 5.56 Å². The number of carbonyl (C=O) groups is 3. The Morgan fingerprint density at radius 1 is 1.10 bits per heavy atom. The molecule has 9 heteroatoms. The van der Waals surface area contributed by atoms with Gasteiger partial charge in [-0.2, -0.15) is 0 Å². The SMILES string of the molecule is Cc1[nH]c(=O)[nH]c(=O)c1CCC(=O)N1CC(=O)NC(=O)C1. The Morgan fingerprint density at radius 2 is 1.71 bits per heavy atom. The molecule has 2 heterocycles. The number of nitrogens with one attached hydrogen (secondary N) is 3. The van der Waals surface area contributed by atoms with Gasteiger partial charge in [-0.15, -0.1) is 0 Å². The zero-order valence-corrected chi connectivity index (χ0v) is 11.3. The molecule has 0 radical (unpaired) electrons. The van der Waals surface area contributed by atoms with Gasteiger partial charge in [0.2, 0.25) is 17.7 Å². The molecule has 1 aromatic heterocycles. The molecule has 1 aliphatic rings. The van der Waals surface area contributed by atoms with E-state index in [1.54, 1.807) is 6.92 Å². The lowest BCUT2D eigenvalue weighted by atomic mass is 10.1. The quantitative estimate of drug-likeness (QED) is 0.544. The van der Waals surface area contributed by atoms with Crippen molar-refractivity contribution in [2.75, 3.05) is 13.1 Å². The van der Waals surface area contributed by atoms with Gasteiger partial charge in [0.1, 0.15) is 13.1 Å². The van der Waals surface area contributed by atoms with E-state index in [1.165, 1.54) is 0 Å². The van der Waals surface area contributed by atoms with Crippen molar-refractivity contribution < 1.29 is 14.4 Å². The van der Waals surface area contributed by atoms with Crippen LogP contribution in [-0.2, 0) is 20.8 Å². The minimum Gasteiger partial charge on any atom is -0.324 e. The van der Waals surface area contributed by atoms with Crippen LogP contribution in [-0.4, -0.2) is 45.7 Å². The van der Waals surface area contributed by atoms with Crippen LogP contribution >= 0.6 is 0 Å². The first-order chi connectivity index (χ1) is 9.86. The fourth-order valence-electron chi connectivity index (χ4n) is 2.13. The highest BCUT2D eigenvalue weighted by Crippen LogP contribution is 2.04. The number of H-pyrrole nitrogens is 2. The molecule has 0 aliphatic carbocycles. The van der Waals surface area contributed by atoms with Crippen LogP contribution in [0.15, 0.2) is 9.59 Å². The maximum atomic E-state index is 12.0. The summed E-state index contributed by atoms with van der Waals surface area (Å²) in [5.41, 5.74) is -0.456. The third-order valence-electron chi connectivity index (χ3n) is 3.14.